The van der Waals surface area contributed by atoms with E-state index in [1.807, 2.05) is 18.2 Å². The van der Waals surface area contributed by atoms with Crippen molar-refractivity contribution < 1.29 is 9.84 Å². The van der Waals surface area contributed by atoms with Gasteiger partial charge in [-0.2, -0.15) is 0 Å². The molecule has 100 valence electrons. The molecular weight excluding hydrogens is 226 g/mol. The van der Waals surface area contributed by atoms with E-state index in [1.54, 1.807) is 7.11 Å². The van der Waals surface area contributed by atoms with Crippen molar-refractivity contribution in [3.8, 4) is 5.75 Å². The average Bonchev–Trinajstić information content (AvgIpc) is 2.39. The summed E-state index contributed by atoms with van der Waals surface area (Å²) >= 11 is 0. The predicted octanol–water partition coefficient (Wildman–Crippen LogP) is 1.99. The molecule has 2 atom stereocenters. The zero-order valence-corrected chi connectivity index (χ0v) is 11.3. The van der Waals surface area contributed by atoms with Gasteiger partial charge in [0.05, 0.1) is 12.7 Å². The molecule has 0 aromatic heterocycles. The second-order valence-electron chi connectivity index (χ2n) is 5.19. The Kier molecular flexibility index (Phi) is 4.25. The van der Waals surface area contributed by atoms with Crippen LogP contribution >= 0.6 is 0 Å². The zero-order chi connectivity index (χ0) is 13.0. The van der Waals surface area contributed by atoms with Crippen LogP contribution in [-0.2, 0) is 6.42 Å². The first-order valence-corrected chi connectivity index (χ1v) is 6.74. The van der Waals surface area contributed by atoms with E-state index in [0.29, 0.717) is 12.3 Å². The van der Waals surface area contributed by atoms with E-state index in [9.17, 15) is 5.11 Å². The molecule has 18 heavy (non-hydrogen) atoms. The number of piperidine rings is 1. The highest BCUT2D eigenvalue weighted by Gasteiger charge is 2.37. The van der Waals surface area contributed by atoms with Crippen molar-refractivity contribution in [3.63, 3.8) is 0 Å². The summed E-state index contributed by atoms with van der Waals surface area (Å²) in [6, 6.07) is 8.01. The fraction of sp³-hybridized carbons (Fsp3) is 0.600. The minimum Gasteiger partial charge on any atom is -0.497 e. The lowest BCUT2D eigenvalue weighted by Crippen LogP contribution is -2.51. The van der Waals surface area contributed by atoms with Gasteiger partial charge in [-0.05, 0) is 37.1 Å². The molecule has 3 heteroatoms. The Morgan fingerprint density at radius 1 is 1.50 bits per heavy atom. The number of hydrogen-bond donors (Lipinski definition) is 2. The van der Waals surface area contributed by atoms with Crippen molar-refractivity contribution in [3.05, 3.63) is 29.8 Å². The Hall–Kier alpha value is -1.06. The average molecular weight is 249 g/mol. The number of rotatable bonds is 4. The molecule has 0 radical (unpaired) electrons. The maximum Gasteiger partial charge on any atom is 0.119 e. The highest BCUT2D eigenvalue weighted by molar-refractivity contribution is 5.29. The fourth-order valence-electron chi connectivity index (χ4n) is 2.87. The van der Waals surface area contributed by atoms with E-state index in [4.69, 9.17) is 4.74 Å². The van der Waals surface area contributed by atoms with E-state index < -0.39 is 5.60 Å². The minimum absolute atomic E-state index is 0.331. The molecule has 2 rings (SSSR count). The van der Waals surface area contributed by atoms with E-state index in [2.05, 4.69) is 18.3 Å². The topological polar surface area (TPSA) is 41.5 Å². The van der Waals surface area contributed by atoms with Crippen LogP contribution in [0.4, 0.5) is 0 Å². The third kappa shape index (κ3) is 2.85. The summed E-state index contributed by atoms with van der Waals surface area (Å²) < 4.78 is 5.24. The van der Waals surface area contributed by atoms with Crippen LogP contribution in [0.15, 0.2) is 24.3 Å². The molecule has 0 amide bonds. The van der Waals surface area contributed by atoms with E-state index in [0.717, 1.165) is 37.2 Å². The van der Waals surface area contributed by atoms with Gasteiger partial charge >= 0.3 is 0 Å². The number of benzene rings is 1. The van der Waals surface area contributed by atoms with Gasteiger partial charge in [0.15, 0.2) is 0 Å². The van der Waals surface area contributed by atoms with Crippen molar-refractivity contribution in [2.45, 2.75) is 31.8 Å². The van der Waals surface area contributed by atoms with E-state index in [1.165, 1.54) is 0 Å². The summed E-state index contributed by atoms with van der Waals surface area (Å²) in [6.07, 6.45) is 2.54. The van der Waals surface area contributed by atoms with Gasteiger partial charge in [-0.25, -0.2) is 0 Å². The number of methoxy groups -OCH3 is 1. The molecule has 1 aromatic carbocycles. The third-order valence-electron chi connectivity index (χ3n) is 4.02. The van der Waals surface area contributed by atoms with Gasteiger partial charge in [-0.15, -0.1) is 0 Å². The van der Waals surface area contributed by atoms with Crippen molar-refractivity contribution in [1.82, 2.24) is 5.32 Å². The third-order valence-corrected chi connectivity index (χ3v) is 4.02. The van der Waals surface area contributed by atoms with Crippen molar-refractivity contribution in [2.75, 3.05) is 20.2 Å². The second-order valence-corrected chi connectivity index (χ2v) is 5.19. The Balaban J connectivity index is 2.14. The maximum absolute atomic E-state index is 10.9. The molecule has 0 aliphatic carbocycles. The maximum atomic E-state index is 10.9. The van der Waals surface area contributed by atoms with E-state index >= 15 is 0 Å². The lowest BCUT2D eigenvalue weighted by molar-refractivity contribution is -0.0414. The Morgan fingerprint density at radius 2 is 2.33 bits per heavy atom. The van der Waals surface area contributed by atoms with Crippen molar-refractivity contribution in [1.29, 1.82) is 0 Å². The molecule has 1 fully saturated rings. The highest BCUT2D eigenvalue weighted by atomic mass is 16.5. The first kappa shape index (κ1) is 13.4. The number of ether oxygens (including phenoxy) is 1. The van der Waals surface area contributed by atoms with Gasteiger partial charge in [0.1, 0.15) is 5.75 Å². The first-order chi connectivity index (χ1) is 8.68. The molecule has 1 heterocycles. The number of nitrogens with one attached hydrogen (secondary N) is 1. The SMILES string of the molecule is CCC1CNCCC1(O)Cc1cccc(OC)c1. The van der Waals surface area contributed by atoms with Gasteiger partial charge in [0.25, 0.3) is 0 Å². The molecule has 0 saturated carbocycles. The van der Waals surface area contributed by atoms with Gasteiger partial charge in [0, 0.05) is 18.9 Å². The Labute approximate surface area is 109 Å². The van der Waals surface area contributed by atoms with Crippen LogP contribution in [0, 0.1) is 5.92 Å². The molecular formula is C15H23NO2. The molecule has 3 nitrogen and oxygen atoms in total. The van der Waals surface area contributed by atoms with Crippen LogP contribution < -0.4 is 10.1 Å². The van der Waals surface area contributed by atoms with Crippen LogP contribution in [-0.4, -0.2) is 30.9 Å². The molecule has 0 spiro atoms. The molecule has 1 saturated heterocycles. The van der Waals surface area contributed by atoms with E-state index in [-0.39, 0.29) is 0 Å². The molecule has 1 aromatic rings. The van der Waals surface area contributed by atoms with Gasteiger partial charge in [-0.3, -0.25) is 0 Å². The van der Waals surface area contributed by atoms with Crippen LogP contribution in [0.3, 0.4) is 0 Å². The molecule has 1 aliphatic rings. The smallest absolute Gasteiger partial charge is 0.119 e. The van der Waals surface area contributed by atoms with Crippen LogP contribution in [0.1, 0.15) is 25.3 Å². The quantitative estimate of drug-likeness (QED) is 0.857. The Morgan fingerprint density at radius 3 is 3.06 bits per heavy atom. The number of hydrogen-bond acceptors (Lipinski definition) is 3. The normalized spacial score (nSPS) is 28.1. The van der Waals surface area contributed by atoms with Crippen LogP contribution in [0.25, 0.3) is 0 Å². The summed E-state index contributed by atoms with van der Waals surface area (Å²) in [6.45, 7) is 3.96. The monoisotopic (exact) mass is 249 g/mol. The first-order valence-electron chi connectivity index (χ1n) is 6.74. The standard InChI is InChI=1S/C15H23NO2/c1-3-13-11-16-8-7-15(13,17)10-12-5-4-6-14(9-12)18-2/h4-6,9,13,16-17H,3,7-8,10-11H2,1-2H3. The Bertz CT molecular complexity index is 394. The summed E-state index contributed by atoms with van der Waals surface area (Å²) in [5.41, 5.74) is 0.573. The summed E-state index contributed by atoms with van der Waals surface area (Å²) in [5, 5.41) is 14.2. The summed E-state index contributed by atoms with van der Waals surface area (Å²) in [5.74, 6) is 1.19. The molecule has 2 N–H and O–H groups in total. The van der Waals surface area contributed by atoms with Crippen molar-refractivity contribution in [2.24, 2.45) is 5.92 Å². The molecule has 1 aliphatic heterocycles. The largest absolute Gasteiger partial charge is 0.497 e. The van der Waals surface area contributed by atoms with Gasteiger partial charge < -0.3 is 15.2 Å². The summed E-state index contributed by atoms with van der Waals surface area (Å²) in [7, 11) is 1.67. The minimum atomic E-state index is -0.577. The fourth-order valence-corrected chi connectivity index (χ4v) is 2.87. The lowest BCUT2D eigenvalue weighted by atomic mass is 9.76. The predicted molar refractivity (Wildman–Crippen MR) is 72.9 cm³/mol. The van der Waals surface area contributed by atoms with Crippen molar-refractivity contribution >= 4 is 0 Å². The van der Waals surface area contributed by atoms with Gasteiger partial charge in [0.2, 0.25) is 0 Å². The number of aliphatic hydroxyl groups is 1. The molecule has 2 unspecified atom stereocenters. The van der Waals surface area contributed by atoms with Gasteiger partial charge in [-0.1, -0.05) is 19.1 Å². The molecule has 0 bridgehead atoms. The second kappa shape index (κ2) is 5.72. The zero-order valence-electron chi connectivity index (χ0n) is 11.3. The summed E-state index contributed by atoms with van der Waals surface area (Å²) in [4.78, 5) is 0. The lowest BCUT2D eigenvalue weighted by Gasteiger charge is -2.40. The highest BCUT2D eigenvalue weighted by Crippen LogP contribution is 2.31. The van der Waals surface area contributed by atoms with Crippen LogP contribution in [0.5, 0.6) is 5.75 Å². The van der Waals surface area contributed by atoms with Crippen LogP contribution in [0.2, 0.25) is 0 Å².